The molecule has 11 heteroatoms. The molecule has 1 heterocycles. The zero-order valence-corrected chi connectivity index (χ0v) is 15.4. The molecule has 1 fully saturated rings. The molecule has 0 bridgehead atoms. The SMILES string of the molecule is O=C(O)CN1CCOCCN(CC(=O)O)CCN(CC(=O)O)CCOCC1. The summed E-state index contributed by atoms with van der Waals surface area (Å²) in [6.07, 6.45) is 0. The quantitative estimate of drug-likeness (QED) is 0.472. The van der Waals surface area contributed by atoms with E-state index in [0.29, 0.717) is 65.7 Å². The maximum atomic E-state index is 11.0. The van der Waals surface area contributed by atoms with Gasteiger partial charge >= 0.3 is 17.9 Å². The van der Waals surface area contributed by atoms with Crippen LogP contribution in [0.25, 0.3) is 0 Å². The van der Waals surface area contributed by atoms with Gasteiger partial charge in [-0.3, -0.25) is 29.1 Å². The molecule has 1 aliphatic rings. The molecule has 0 radical (unpaired) electrons. The molecular formula is C16H29N3O8. The van der Waals surface area contributed by atoms with Gasteiger partial charge in [-0.25, -0.2) is 0 Å². The van der Waals surface area contributed by atoms with Crippen molar-refractivity contribution in [1.29, 1.82) is 0 Å². The maximum absolute atomic E-state index is 11.0. The molecule has 27 heavy (non-hydrogen) atoms. The summed E-state index contributed by atoms with van der Waals surface area (Å²) in [7, 11) is 0. The molecule has 0 atom stereocenters. The second-order valence-electron chi connectivity index (χ2n) is 6.23. The maximum Gasteiger partial charge on any atom is 0.317 e. The second-order valence-corrected chi connectivity index (χ2v) is 6.23. The summed E-state index contributed by atoms with van der Waals surface area (Å²) >= 11 is 0. The fourth-order valence-electron chi connectivity index (χ4n) is 2.65. The molecule has 0 aromatic heterocycles. The van der Waals surface area contributed by atoms with Gasteiger partial charge in [0.25, 0.3) is 0 Å². The molecule has 11 nitrogen and oxygen atoms in total. The standard InChI is InChI=1S/C16H29N3O8/c20-14(21)11-17-1-2-18(12-15(22)23)4-8-27-10-6-19(13-16(24)25)5-9-26-7-3-17/h1-13H2,(H,20,21)(H,22,23)(H,24,25). The van der Waals surface area contributed by atoms with Crippen LogP contribution in [0.5, 0.6) is 0 Å². The molecule has 0 aromatic carbocycles. The van der Waals surface area contributed by atoms with Crippen LogP contribution in [0.15, 0.2) is 0 Å². The number of carboxylic acids is 3. The van der Waals surface area contributed by atoms with Crippen molar-refractivity contribution in [3.63, 3.8) is 0 Å². The van der Waals surface area contributed by atoms with Crippen LogP contribution in [0, 0.1) is 0 Å². The molecule has 1 aliphatic heterocycles. The summed E-state index contributed by atoms with van der Waals surface area (Å²) in [6, 6.07) is 0. The molecule has 0 saturated carbocycles. The Bertz CT molecular complexity index is 443. The molecule has 0 unspecified atom stereocenters. The fraction of sp³-hybridized carbons (Fsp3) is 0.812. The van der Waals surface area contributed by atoms with Gasteiger partial charge in [-0.15, -0.1) is 0 Å². The largest absolute Gasteiger partial charge is 0.480 e. The highest BCUT2D eigenvalue weighted by Crippen LogP contribution is 1.97. The molecule has 0 aliphatic carbocycles. The van der Waals surface area contributed by atoms with E-state index in [4.69, 9.17) is 24.8 Å². The van der Waals surface area contributed by atoms with Crippen molar-refractivity contribution in [2.45, 2.75) is 0 Å². The van der Waals surface area contributed by atoms with E-state index in [1.807, 2.05) is 0 Å². The number of hydrogen-bond acceptors (Lipinski definition) is 8. The molecule has 3 N–H and O–H groups in total. The van der Waals surface area contributed by atoms with E-state index in [-0.39, 0.29) is 19.6 Å². The van der Waals surface area contributed by atoms with E-state index in [1.54, 1.807) is 14.7 Å². The third kappa shape index (κ3) is 12.3. The van der Waals surface area contributed by atoms with Crippen molar-refractivity contribution < 1.29 is 39.2 Å². The Morgan fingerprint density at radius 1 is 0.556 bits per heavy atom. The van der Waals surface area contributed by atoms with E-state index in [2.05, 4.69) is 0 Å². The van der Waals surface area contributed by atoms with Crippen LogP contribution in [0.3, 0.4) is 0 Å². The summed E-state index contributed by atoms with van der Waals surface area (Å²) in [5, 5.41) is 27.0. The number of carbonyl (C=O) groups is 3. The summed E-state index contributed by atoms with van der Waals surface area (Å²) < 4.78 is 11.0. The van der Waals surface area contributed by atoms with Gasteiger partial charge in [-0.1, -0.05) is 0 Å². The third-order valence-corrected chi connectivity index (χ3v) is 4.02. The highest BCUT2D eigenvalue weighted by molar-refractivity contribution is 5.69. The van der Waals surface area contributed by atoms with Gasteiger partial charge in [0, 0.05) is 39.3 Å². The minimum atomic E-state index is -0.964. The third-order valence-electron chi connectivity index (χ3n) is 4.02. The lowest BCUT2D eigenvalue weighted by atomic mass is 10.4. The number of aliphatic carboxylic acids is 3. The van der Waals surface area contributed by atoms with Gasteiger partial charge in [0.15, 0.2) is 0 Å². The fourth-order valence-corrected chi connectivity index (χ4v) is 2.65. The number of carboxylic acid groups (broad SMARTS) is 3. The topological polar surface area (TPSA) is 140 Å². The van der Waals surface area contributed by atoms with Crippen LogP contribution in [0.1, 0.15) is 0 Å². The Balaban J connectivity index is 2.66. The first-order chi connectivity index (χ1) is 12.9. The lowest BCUT2D eigenvalue weighted by Gasteiger charge is -2.25. The molecule has 1 saturated heterocycles. The molecular weight excluding hydrogens is 362 g/mol. The van der Waals surface area contributed by atoms with E-state index in [0.717, 1.165) is 0 Å². The predicted octanol–water partition coefficient (Wildman–Crippen LogP) is -1.81. The van der Waals surface area contributed by atoms with Crippen molar-refractivity contribution in [2.24, 2.45) is 0 Å². The first-order valence-electron chi connectivity index (χ1n) is 8.84. The Hall–Kier alpha value is -1.79. The van der Waals surface area contributed by atoms with Gasteiger partial charge in [-0.2, -0.15) is 0 Å². The summed E-state index contributed by atoms with van der Waals surface area (Å²) in [5.41, 5.74) is 0. The van der Waals surface area contributed by atoms with E-state index >= 15 is 0 Å². The van der Waals surface area contributed by atoms with Crippen molar-refractivity contribution in [3.8, 4) is 0 Å². The Morgan fingerprint density at radius 2 is 0.815 bits per heavy atom. The number of rotatable bonds is 6. The Morgan fingerprint density at radius 3 is 1.07 bits per heavy atom. The predicted molar refractivity (Wildman–Crippen MR) is 93.9 cm³/mol. The highest BCUT2D eigenvalue weighted by atomic mass is 16.5. The zero-order valence-electron chi connectivity index (χ0n) is 15.4. The van der Waals surface area contributed by atoms with Crippen LogP contribution in [0.4, 0.5) is 0 Å². The van der Waals surface area contributed by atoms with Gasteiger partial charge in [-0.05, 0) is 0 Å². The van der Waals surface area contributed by atoms with Crippen molar-refractivity contribution in [2.75, 3.05) is 85.3 Å². The number of ether oxygens (including phenoxy) is 2. The van der Waals surface area contributed by atoms with E-state index < -0.39 is 17.9 Å². The molecule has 0 amide bonds. The average molecular weight is 391 g/mol. The molecule has 0 aromatic rings. The van der Waals surface area contributed by atoms with Gasteiger partial charge < -0.3 is 24.8 Å². The van der Waals surface area contributed by atoms with Crippen LogP contribution in [-0.2, 0) is 23.9 Å². The van der Waals surface area contributed by atoms with Crippen molar-refractivity contribution in [1.82, 2.24) is 14.7 Å². The van der Waals surface area contributed by atoms with Crippen LogP contribution in [-0.4, -0.2) is 133 Å². The minimum absolute atomic E-state index is 0.122. The second kappa shape index (κ2) is 13.4. The monoisotopic (exact) mass is 391 g/mol. The van der Waals surface area contributed by atoms with Gasteiger partial charge in [0.1, 0.15) is 0 Å². The van der Waals surface area contributed by atoms with Crippen LogP contribution < -0.4 is 0 Å². The average Bonchev–Trinajstić information content (AvgIpc) is 2.56. The lowest BCUT2D eigenvalue weighted by molar-refractivity contribution is -0.140. The van der Waals surface area contributed by atoms with Crippen molar-refractivity contribution in [3.05, 3.63) is 0 Å². The highest BCUT2D eigenvalue weighted by Gasteiger charge is 2.16. The Labute approximate surface area is 158 Å². The normalized spacial score (nSPS) is 20.4. The molecule has 156 valence electrons. The van der Waals surface area contributed by atoms with Crippen LogP contribution >= 0.6 is 0 Å². The lowest BCUT2D eigenvalue weighted by Crippen LogP contribution is -2.42. The van der Waals surface area contributed by atoms with Gasteiger partial charge in [0.05, 0.1) is 46.1 Å². The Kier molecular flexibility index (Phi) is 11.5. The number of nitrogens with zero attached hydrogens (tertiary/aromatic N) is 3. The first kappa shape index (κ1) is 23.2. The zero-order chi connectivity index (χ0) is 20.1. The summed E-state index contributed by atoms with van der Waals surface area (Å²) in [5.74, 6) is -2.87. The first-order valence-corrected chi connectivity index (χ1v) is 8.84. The number of hydrogen-bond donors (Lipinski definition) is 3. The molecule has 0 spiro atoms. The van der Waals surface area contributed by atoms with E-state index in [9.17, 15) is 14.4 Å². The van der Waals surface area contributed by atoms with Crippen molar-refractivity contribution >= 4 is 17.9 Å². The molecule has 1 rings (SSSR count). The van der Waals surface area contributed by atoms with Gasteiger partial charge in [0.2, 0.25) is 0 Å². The van der Waals surface area contributed by atoms with E-state index in [1.165, 1.54) is 0 Å². The summed E-state index contributed by atoms with van der Waals surface area (Å²) in [4.78, 5) is 38.0. The minimum Gasteiger partial charge on any atom is -0.480 e. The smallest absolute Gasteiger partial charge is 0.317 e. The summed E-state index contributed by atoms with van der Waals surface area (Å²) in [6.45, 7) is 3.28. The van der Waals surface area contributed by atoms with Crippen LogP contribution in [0.2, 0.25) is 0 Å².